The highest BCUT2D eigenvalue weighted by atomic mass is 16.2. The van der Waals surface area contributed by atoms with Crippen LogP contribution in [0, 0.1) is 0 Å². The Balaban J connectivity index is 2.95. The van der Waals surface area contributed by atoms with Crippen molar-refractivity contribution in [2.75, 3.05) is 19.6 Å². The number of nitrogens with zero attached hydrogens (tertiary/aromatic N) is 2. The lowest BCUT2D eigenvalue weighted by molar-refractivity contribution is -0.133. The van der Waals surface area contributed by atoms with E-state index in [4.69, 9.17) is 28.7 Å². The fourth-order valence-electron chi connectivity index (χ4n) is 4.08. The molecule has 0 saturated carbocycles. The van der Waals surface area contributed by atoms with E-state index in [0.717, 1.165) is 0 Å². The lowest BCUT2D eigenvalue weighted by atomic mass is 10.0. The third-order valence-electron chi connectivity index (χ3n) is 6.45. The lowest BCUT2D eigenvalue weighted by Crippen LogP contribution is -2.58. The molecule has 17 heteroatoms. The van der Waals surface area contributed by atoms with Gasteiger partial charge in [0, 0.05) is 38.3 Å². The first-order chi connectivity index (χ1) is 20.4. The van der Waals surface area contributed by atoms with Gasteiger partial charge in [0.05, 0.1) is 12.4 Å². The summed E-state index contributed by atoms with van der Waals surface area (Å²) < 4.78 is 0. The third-order valence-corrected chi connectivity index (χ3v) is 6.45. The van der Waals surface area contributed by atoms with Gasteiger partial charge in [0.25, 0.3) is 0 Å². The van der Waals surface area contributed by atoms with Crippen molar-refractivity contribution in [3.05, 3.63) is 18.2 Å². The van der Waals surface area contributed by atoms with Gasteiger partial charge < -0.3 is 54.9 Å². The largest absolute Gasteiger partial charge is 0.370 e. The zero-order valence-corrected chi connectivity index (χ0v) is 24.8. The van der Waals surface area contributed by atoms with E-state index in [-0.39, 0.29) is 37.6 Å². The number of amides is 5. The molecule has 0 spiro atoms. The van der Waals surface area contributed by atoms with E-state index >= 15 is 0 Å². The van der Waals surface area contributed by atoms with E-state index in [9.17, 15) is 24.0 Å². The van der Waals surface area contributed by atoms with E-state index in [0.29, 0.717) is 57.4 Å². The molecule has 1 rings (SSSR count). The zero-order valence-electron chi connectivity index (χ0n) is 24.8. The fourth-order valence-corrected chi connectivity index (χ4v) is 4.08. The van der Waals surface area contributed by atoms with Crippen LogP contribution in [0.5, 0.6) is 0 Å². The summed E-state index contributed by atoms with van der Waals surface area (Å²) in [5, 5.41) is 10.7. The molecule has 0 aliphatic rings. The summed E-state index contributed by atoms with van der Waals surface area (Å²) in [5.41, 5.74) is 28.3. The molecule has 1 heterocycles. The minimum absolute atomic E-state index is 0.0492. The molecular formula is C26H48N12O5. The highest BCUT2D eigenvalue weighted by molar-refractivity contribution is 5.94. The molecule has 0 fully saturated rings. The monoisotopic (exact) mass is 608 g/mol. The van der Waals surface area contributed by atoms with Gasteiger partial charge in [0.1, 0.15) is 18.1 Å². The molecule has 5 amide bonds. The topological polar surface area (TPSA) is 305 Å². The number of nitrogens with one attached hydrogen (secondary N) is 5. The predicted octanol–water partition coefficient (Wildman–Crippen LogP) is -3.29. The van der Waals surface area contributed by atoms with Gasteiger partial charge >= 0.3 is 0 Å². The van der Waals surface area contributed by atoms with Gasteiger partial charge in [-0.05, 0) is 57.9 Å². The smallest absolute Gasteiger partial charge is 0.243 e. The Morgan fingerprint density at radius 2 is 1.49 bits per heavy atom. The molecule has 1 aromatic heterocycles. The fraction of sp³-hybridized carbons (Fsp3) is 0.654. The van der Waals surface area contributed by atoms with Gasteiger partial charge in [0.15, 0.2) is 5.96 Å². The van der Waals surface area contributed by atoms with E-state index < -0.39 is 47.8 Å². The van der Waals surface area contributed by atoms with Crippen LogP contribution in [0.25, 0.3) is 0 Å². The minimum atomic E-state index is -1.10. The van der Waals surface area contributed by atoms with Crippen molar-refractivity contribution in [1.29, 1.82) is 0 Å². The molecule has 0 aliphatic carbocycles. The van der Waals surface area contributed by atoms with Crippen LogP contribution in [-0.2, 0) is 30.4 Å². The van der Waals surface area contributed by atoms with Gasteiger partial charge in [-0.1, -0.05) is 0 Å². The average Bonchev–Trinajstić information content (AvgIpc) is 3.46. The molecule has 0 aromatic carbocycles. The second-order valence-electron chi connectivity index (χ2n) is 10.2. The van der Waals surface area contributed by atoms with E-state index in [1.807, 2.05) is 0 Å². The van der Waals surface area contributed by atoms with Crippen molar-refractivity contribution >= 4 is 35.5 Å². The SMILES string of the molecule is CC(=O)NCCCC[C@H](NC(=O)[C@H](CCCCN)NC(=O)[C@H](Cc1cnc[nH]1)NC(=O)[C@@H](N)CCCN=C(N)N)C(N)=O. The summed E-state index contributed by atoms with van der Waals surface area (Å²) in [6.45, 7) is 2.51. The quantitative estimate of drug-likeness (QED) is 0.0355. The summed E-state index contributed by atoms with van der Waals surface area (Å²) in [4.78, 5) is 73.4. The maximum Gasteiger partial charge on any atom is 0.243 e. The molecule has 1 aromatic rings. The number of primary amides is 1. The Labute approximate surface area is 251 Å². The molecular weight excluding hydrogens is 560 g/mol. The van der Waals surface area contributed by atoms with Crippen LogP contribution in [-0.4, -0.2) is 89.3 Å². The zero-order chi connectivity index (χ0) is 32.2. The third kappa shape index (κ3) is 16.1. The maximum absolute atomic E-state index is 13.5. The van der Waals surface area contributed by atoms with Gasteiger partial charge in [-0.3, -0.25) is 29.0 Å². The number of rotatable bonds is 22. The molecule has 0 bridgehead atoms. The number of carbonyl (C=O) groups excluding carboxylic acids is 5. The molecule has 0 radical (unpaired) electrons. The number of aromatic amines is 1. The number of unbranched alkanes of at least 4 members (excludes halogenated alkanes) is 2. The van der Waals surface area contributed by atoms with Crippen LogP contribution in [0.3, 0.4) is 0 Å². The first-order valence-electron chi connectivity index (χ1n) is 14.4. The number of guanidine groups is 1. The van der Waals surface area contributed by atoms with Gasteiger partial charge in [-0.25, -0.2) is 4.98 Å². The summed E-state index contributed by atoms with van der Waals surface area (Å²) in [6.07, 6.45) is 6.42. The predicted molar refractivity (Wildman–Crippen MR) is 161 cm³/mol. The summed E-state index contributed by atoms with van der Waals surface area (Å²) in [5.74, 6) is -2.75. The number of hydrogen-bond donors (Lipinski definition) is 10. The molecule has 242 valence electrons. The van der Waals surface area contributed by atoms with Crippen LogP contribution in [0.4, 0.5) is 0 Å². The number of aliphatic imine (C=N–C) groups is 1. The van der Waals surface area contributed by atoms with Crippen molar-refractivity contribution < 1.29 is 24.0 Å². The van der Waals surface area contributed by atoms with Crippen LogP contribution in [0.15, 0.2) is 17.5 Å². The molecule has 0 aliphatic heterocycles. The molecule has 15 N–H and O–H groups in total. The highest BCUT2D eigenvalue weighted by Gasteiger charge is 2.30. The normalized spacial score (nSPS) is 13.6. The Bertz CT molecular complexity index is 1050. The number of carbonyl (C=O) groups is 5. The van der Waals surface area contributed by atoms with Crippen LogP contribution < -0.4 is 49.9 Å². The number of H-pyrrole nitrogens is 1. The Hall–Kier alpha value is -4.25. The summed E-state index contributed by atoms with van der Waals surface area (Å²) >= 11 is 0. The summed E-state index contributed by atoms with van der Waals surface area (Å²) in [6, 6.07) is -4.04. The molecule has 4 atom stereocenters. The first-order valence-corrected chi connectivity index (χ1v) is 14.4. The van der Waals surface area contributed by atoms with Crippen LogP contribution in [0.1, 0.15) is 64.0 Å². The Kier molecular flexibility index (Phi) is 17.6. The van der Waals surface area contributed by atoms with Crippen molar-refractivity contribution in [3.63, 3.8) is 0 Å². The minimum Gasteiger partial charge on any atom is -0.370 e. The average molecular weight is 609 g/mol. The molecule has 17 nitrogen and oxygen atoms in total. The lowest BCUT2D eigenvalue weighted by Gasteiger charge is -2.25. The number of imidazole rings is 1. The van der Waals surface area contributed by atoms with Crippen molar-refractivity contribution in [1.82, 2.24) is 31.2 Å². The second kappa shape index (κ2) is 20.6. The molecule has 43 heavy (non-hydrogen) atoms. The van der Waals surface area contributed by atoms with Crippen LogP contribution in [0.2, 0.25) is 0 Å². The number of aromatic nitrogens is 2. The van der Waals surface area contributed by atoms with Crippen LogP contribution >= 0.6 is 0 Å². The maximum atomic E-state index is 13.5. The van der Waals surface area contributed by atoms with E-state index in [1.165, 1.54) is 19.4 Å². The van der Waals surface area contributed by atoms with Crippen molar-refractivity contribution in [2.24, 2.45) is 33.7 Å². The standard InChI is InChI=1S/C26H48N12O5/c1-16(39)33-11-5-3-8-19(22(29)40)36-24(42)20(9-2-4-10-27)37-25(43)21(13-17-14-32-15-35-17)38-23(41)18(28)7-6-12-34-26(30)31/h14-15,18-21H,2-13,27-28H2,1H3,(H2,29,40)(H,32,35)(H,33,39)(H,36,42)(H,37,43)(H,38,41)(H4,30,31,34)/t18-,19-,20-,21-/m0/s1. The van der Waals surface area contributed by atoms with E-state index in [1.54, 1.807) is 0 Å². The van der Waals surface area contributed by atoms with Gasteiger partial charge in [0.2, 0.25) is 29.5 Å². The Morgan fingerprint density at radius 1 is 0.860 bits per heavy atom. The summed E-state index contributed by atoms with van der Waals surface area (Å²) in [7, 11) is 0. The van der Waals surface area contributed by atoms with Gasteiger partial charge in [-0.15, -0.1) is 0 Å². The molecule has 0 saturated heterocycles. The number of nitrogens with two attached hydrogens (primary N) is 5. The van der Waals surface area contributed by atoms with E-state index in [2.05, 4.69) is 36.2 Å². The molecule has 0 unspecified atom stereocenters. The highest BCUT2D eigenvalue weighted by Crippen LogP contribution is 2.07. The Morgan fingerprint density at radius 3 is 2.09 bits per heavy atom. The number of hydrogen-bond acceptors (Lipinski definition) is 9. The van der Waals surface area contributed by atoms with Gasteiger partial charge in [-0.2, -0.15) is 0 Å². The van der Waals surface area contributed by atoms with Crippen molar-refractivity contribution in [3.8, 4) is 0 Å². The first kappa shape index (κ1) is 36.8. The second-order valence-corrected chi connectivity index (χ2v) is 10.2. The van der Waals surface area contributed by atoms with Crippen molar-refractivity contribution in [2.45, 2.75) is 88.9 Å².